The Bertz CT molecular complexity index is 354. The number of ether oxygens (including phenoxy) is 1. The molecule has 0 bridgehead atoms. The topological polar surface area (TPSA) is 35.2 Å². The van der Waals surface area contributed by atoms with Crippen LogP contribution in [0, 0.1) is 11.3 Å². The summed E-state index contributed by atoms with van der Waals surface area (Å²) in [6.45, 7) is 7.61. The van der Waals surface area contributed by atoms with Crippen LogP contribution in [0.2, 0.25) is 0 Å². The molecule has 0 aliphatic carbocycles. The van der Waals surface area contributed by atoms with E-state index in [4.69, 9.17) is 10.5 Å². The molecule has 0 aliphatic heterocycles. The van der Waals surface area contributed by atoms with E-state index in [0.29, 0.717) is 11.3 Å². The summed E-state index contributed by atoms with van der Waals surface area (Å²) in [5.74, 6) is 1.50. The first kappa shape index (κ1) is 15.0. The monoisotopic (exact) mass is 249 g/mol. The van der Waals surface area contributed by atoms with E-state index in [9.17, 15) is 0 Å². The molecule has 0 amide bonds. The Kier molecular flexibility index (Phi) is 5.67. The highest BCUT2D eigenvalue weighted by atomic mass is 16.5. The molecule has 0 fully saturated rings. The quantitative estimate of drug-likeness (QED) is 0.835. The fourth-order valence-corrected chi connectivity index (χ4v) is 2.07. The summed E-state index contributed by atoms with van der Waals surface area (Å²) in [6, 6.07) is 8.30. The largest absolute Gasteiger partial charge is 0.497 e. The minimum absolute atomic E-state index is 0.391. The van der Waals surface area contributed by atoms with E-state index in [2.05, 4.69) is 32.9 Å². The fraction of sp³-hybridized carbons (Fsp3) is 0.625. The zero-order chi connectivity index (χ0) is 13.6. The summed E-state index contributed by atoms with van der Waals surface area (Å²) in [7, 11) is 1.71. The third-order valence-corrected chi connectivity index (χ3v) is 3.29. The van der Waals surface area contributed by atoms with Gasteiger partial charge in [-0.1, -0.05) is 32.9 Å². The van der Waals surface area contributed by atoms with Crippen molar-refractivity contribution in [2.24, 2.45) is 17.1 Å². The van der Waals surface area contributed by atoms with Gasteiger partial charge in [0.15, 0.2) is 0 Å². The standard InChI is InChI=1S/C16H27NO/c1-16(2,3)9-8-14(12-17)10-13-6-5-7-15(11-13)18-4/h5-7,11,14H,8-10,12,17H2,1-4H3. The maximum atomic E-state index is 5.89. The number of rotatable bonds is 6. The Hall–Kier alpha value is -1.02. The van der Waals surface area contributed by atoms with E-state index in [1.807, 2.05) is 12.1 Å². The highest BCUT2D eigenvalue weighted by Gasteiger charge is 2.15. The van der Waals surface area contributed by atoms with Crippen molar-refractivity contribution >= 4 is 0 Å². The Balaban J connectivity index is 2.56. The summed E-state index contributed by atoms with van der Waals surface area (Å²) in [5, 5.41) is 0. The molecule has 0 aromatic heterocycles. The van der Waals surface area contributed by atoms with Crippen LogP contribution in [0.4, 0.5) is 0 Å². The summed E-state index contributed by atoms with van der Waals surface area (Å²) in [4.78, 5) is 0. The second-order valence-corrected chi connectivity index (χ2v) is 6.26. The zero-order valence-electron chi connectivity index (χ0n) is 12.2. The fourth-order valence-electron chi connectivity index (χ4n) is 2.07. The van der Waals surface area contributed by atoms with Gasteiger partial charge in [-0.15, -0.1) is 0 Å². The van der Waals surface area contributed by atoms with Gasteiger partial charge in [0.05, 0.1) is 7.11 Å². The van der Waals surface area contributed by atoms with Crippen molar-refractivity contribution in [2.75, 3.05) is 13.7 Å². The van der Waals surface area contributed by atoms with Gasteiger partial charge in [0, 0.05) is 0 Å². The molecule has 0 radical (unpaired) electrons. The van der Waals surface area contributed by atoms with Gasteiger partial charge >= 0.3 is 0 Å². The first-order valence-electron chi connectivity index (χ1n) is 6.77. The van der Waals surface area contributed by atoms with Crippen LogP contribution in [-0.2, 0) is 6.42 Å². The molecule has 102 valence electrons. The molecule has 2 nitrogen and oxygen atoms in total. The van der Waals surface area contributed by atoms with Crippen LogP contribution in [0.3, 0.4) is 0 Å². The Labute approximate surface area is 112 Å². The lowest BCUT2D eigenvalue weighted by atomic mass is 9.84. The van der Waals surface area contributed by atoms with Gasteiger partial charge in [-0.3, -0.25) is 0 Å². The molecule has 0 aliphatic rings. The van der Waals surface area contributed by atoms with Gasteiger partial charge in [0.25, 0.3) is 0 Å². The molecule has 2 heteroatoms. The first-order valence-corrected chi connectivity index (χ1v) is 6.77. The minimum Gasteiger partial charge on any atom is -0.497 e. The molecule has 1 atom stereocenters. The van der Waals surface area contributed by atoms with Crippen molar-refractivity contribution in [2.45, 2.75) is 40.0 Å². The lowest BCUT2D eigenvalue weighted by molar-refractivity contribution is 0.322. The van der Waals surface area contributed by atoms with E-state index in [1.165, 1.54) is 18.4 Å². The van der Waals surface area contributed by atoms with Crippen molar-refractivity contribution in [3.05, 3.63) is 29.8 Å². The summed E-state index contributed by atoms with van der Waals surface area (Å²) in [6.07, 6.45) is 3.46. The van der Waals surface area contributed by atoms with Gasteiger partial charge in [-0.05, 0) is 54.8 Å². The van der Waals surface area contributed by atoms with Crippen molar-refractivity contribution in [3.63, 3.8) is 0 Å². The van der Waals surface area contributed by atoms with Gasteiger partial charge in [-0.25, -0.2) is 0 Å². The summed E-state index contributed by atoms with van der Waals surface area (Å²) < 4.78 is 5.25. The van der Waals surface area contributed by atoms with E-state index in [-0.39, 0.29) is 0 Å². The molecular formula is C16H27NO. The molecule has 18 heavy (non-hydrogen) atoms. The molecular weight excluding hydrogens is 222 g/mol. The molecule has 1 aromatic carbocycles. The Morgan fingerprint density at radius 3 is 2.56 bits per heavy atom. The van der Waals surface area contributed by atoms with Crippen LogP contribution in [-0.4, -0.2) is 13.7 Å². The predicted octanol–water partition coefficient (Wildman–Crippen LogP) is 3.64. The lowest BCUT2D eigenvalue weighted by Gasteiger charge is -2.22. The number of nitrogens with two attached hydrogens (primary N) is 1. The number of hydrogen-bond donors (Lipinski definition) is 1. The van der Waals surface area contributed by atoms with E-state index in [1.54, 1.807) is 7.11 Å². The smallest absolute Gasteiger partial charge is 0.119 e. The molecule has 0 heterocycles. The summed E-state index contributed by atoms with van der Waals surface area (Å²) in [5.41, 5.74) is 7.60. The molecule has 1 rings (SSSR count). The maximum Gasteiger partial charge on any atom is 0.119 e. The Morgan fingerprint density at radius 1 is 1.28 bits per heavy atom. The van der Waals surface area contributed by atoms with Crippen molar-refractivity contribution in [3.8, 4) is 5.75 Å². The van der Waals surface area contributed by atoms with Crippen molar-refractivity contribution in [1.29, 1.82) is 0 Å². The van der Waals surface area contributed by atoms with Crippen LogP contribution in [0.1, 0.15) is 39.2 Å². The van der Waals surface area contributed by atoms with E-state index < -0.39 is 0 Å². The Morgan fingerprint density at radius 2 is 2.00 bits per heavy atom. The lowest BCUT2D eigenvalue weighted by Crippen LogP contribution is -2.19. The number of benzene rings is 1. The second-order valence-electron chi connectivity index (χ2n) is 6.26. The SMILES string of the molecule is COc1cccc(CC(CN)CCC(C)(C)C)c1. The van der Waals surface area contributed by atoms with Crippen LogP contribution in [0.15, 0.2) is 24.3 Å². The van der Waals surface area contributed by atoms with Crippen LogP contribution in [0.25, 0.3) is 0 Å². The maximum absolute atomic E-state index is 5.89. The second kappa shape index (κ2) is 6.79. The molecule has 2 N–H and O–H groups in total. The van der Waals surface area contributed by atoms with Crippen LogP contribution in [0.5, 0.6) is 5.75 Å². The van der Waals surface area contributed by atoms with Crippen LogP contribution >= 0.6 is 0 Å². The molecule has 0 spiro atoms. The van der Waals surface area contributed by atoms with Crippen LogP contribution < -0.4 is 10.5 Å². The van der Waals surface area contributed by atoms with Gasteiger partial charge in [-0.2, -0.15) is 0 Å². The van der Waals surface area contributed by atoms with Gasteiger partial charge < -0.3 is 10.5 Å². The van der Waals surface area contributed by atoms with Gasteiger partial charge in [0.2, 0.25) is 0 Å². The highest BCUT2D eigenvalue weighted by molar-refractivity contribution is 5.28. The molecule has 0 saturated heterocycles. The third-order valence-electron chi connectivity index (χ3n) is 3.29. The minimum atomic E-state index is 0.391. The first-order chi connectivity index (χ1) is 8.44. The zero-order valence-corrected chi connectivity index (χ0v) is 12.2. The van der Waals surface area contributed by atoms with E-state index in [0.717, 1.165) is 18.7 Å². The van der Waals surface area contributed by atoms with Crippen molar-refractivity contribution < 1.29 is 4.74 Å². The van der Waals surface area contributed by atoms with E-state index >= 15 is 0 Å². The molecule has 1 unspecified atom stereocenters. The molecule has 0 saturated carbocycles. The highest BCUT2D eigenvalue weighted by Crippen LogP contribution is 2.25. The third kappa shape index (κ3) is 5.54. The average molecular weight is 249 g/mol. The van der Waals surface area contributed by atoms with Crippen molar-refractivity contribution in [1.82, 2.24) is 0 Å². The summed E-state index contributed by atoms with van der Waals surface area (Å²) >= 11 is 0. The number of hydrogen-bond acceptors (Lipinski definition) is 2. The number of methoxy groups -OCH3 is 1. The normalized spacial score (nSPS) is 13.4. The van der Waals surface area contributed by atoms with Gasteiger partial charge in [0.1, 0.15) is 5.75 Å². The predicted molar refractivity (Wildman–Crippen MR) is 77.9 cm³/mol. The average Bonchev–Trinajstić information content (AvgIpc) is 2.33. The molecule has 1 aromatic rings.